The first-order valence-corrected chi connectivity index (χ1v) is 11.0. The molecule has 2 heterocycles. The van der Waals surface area contributed by atoms with E-state index in [1.54, 1.807) is 0 Å². The Morgan fingerprint density at radius 1 is 0.818 bits per heavy atom. The van der Waals surface area contributed by atoms with Crippen molar-refractivity contribution in [2.45, 2.75) is 13.1 Å². The molecule has 162 valence electrons. The van der Waals surface area contributed by atoms with Gasteiger partial charge in [0.15, 0.2) is 11.5 Å². The molecule has 1 amide bonds. The lowest BCUT2D eigenvalue weighted by molar-refractivity contribution is 0.0732. The quantitative estimate of drug-likeness (QED) is 0.375. The van der Waals surface area contributed by atoms with Gasteiger partial charge >= 0.3 is 0 Å². The minimum absolute atomic E-state index is 0.00486. The van der Waals surface area contributed by atoms with Gasteiger partial charge in [0.2, 0.25) is 6.79 Å². The maximum Gasteiger partial charge on any atom is 0.255 e. The number of rotatable bonds is 5. The molecule has 0 aliphatic carbocycles. The molecule has 5 nitrogen and oxygen atoms in total. The molecule has 1 aliphatic rings. The van der Waals surface area contributed by atoms with Gasteiger partial charge in [-0.2, -0.15) is 0 Å². The number of para-hydroxylation sites is 1. The molecule has 1 N–H and O–H groups in total. The fourth-order valence-electron chi connectivity index (χ4n) is 4.51. The van der Waals surface area contributed by atoms with Crippen molar-refractivity contribution >= 4 is 27.6 Å². The van der Waals surface area contributed by atoms with Gasteiger partial charge in [-0.25, -0.2) is 0 Å². The maximum absolute atomic E-state index is 13.9. The van der Waals surface area contributed by atoms with Crippen molar-refractivity contribution in [2.75, 3.05) is 6.79 Å². The van der Waals surface area contributed by atoms with E-state index < -0.39 is 0 Å². The fraction of sp³-hybridized carbons (Fsp3) is 0.107. The Hall–Kier alpha value is -4.25. The molecule has 0 saturated heterocycles. The molecule has 4 aromatic carbocycles. The summed E-state index contributed by atoms with van der Waals surface area (Å²) in [4.78, 5) is 19.1. The lowest BCUT2D eigenvalue weighted by Crippen LogP contribution is -2.30. The van der Waals surface area contributed by atoms with Gasteiger partial charge < -0.3 is 19.4 Å². The number of hydrogen-bond acceptors (Lipinski definition) is 3. The van der Waals surface area contributed by atoms with Gasteiger partial charge in [0, 0.05) is 35.8 Å². The molecule has 33 heavy (non-hydrogen) atoms. The van der Waals surface area contributed by atoms with Crippen molar-refractivity contribution < 1.29 is 14.3 Å². The molecule has 0 radical (unpaired) electrons. The fourth-order valence-corrected chi connectivity index (χ4v) is 4.51. The van der Waals surface area contributed by atoms with Crippen LogP contribution in [0, 0.1) is 0 Å². The van der Waals surface area contributed by atoms with Crippen molar-refractivity contribution in [1.29, 1.82) is 0 Å². The molecular weight excluding hydrogens is 412 g/mol. The molecule has 1 aromatic heterocycles. The molecule has 0 fully saturated rings. The van der Waals surface area contributed by atoms with Crippen LogP contribution in [0.5, 0.6) is 11.5 Å². The van der Waals surface area contributed by atoms with Crippen LogP contribution in [0.15, 0.2) is 91.1 Å². The summed E-state index contributed by atoms with van der Waals surface area (Å²) in [5, 5.41) is 3.14. The number of nitrogens with zero attached hydrogens (tertiary/aromatic N) is 1. The smallest absolute Gasteiger partial charge is 0.255 e. The zero-order chi connectivity index (χ0) is 22.2. The van der Waals surface area contributed by atoms with Gasteiger partial charge in [0.05, 0.1) is 0 Å². The van der Waals surface area contributed by atoms with Crippen LogP contribution in [-0.4, -0.2) is 22.6 Å². The summed E-state index contributed by atoms with van der Waals surface area (Å²) in [5.41, 5.74) is 3.84. The number of aromatic nitrogens is 1. The second kappa shape index (κ2) is 8.02. The standard InChI is InChI=1S/C28H22N2O3/c31-28(24-10-5-7-20-6-1-2-8-22(20)24)30(16-19-12-13-26-27(14-19)33-18-32-26)17-21-15-29-25-11-4-3-9-23(21)25/h1-15,29H,16-18H2. The largest absolute Gasteiger partial charge is 0.454 e. The SMILES string of the molecule is O=C(c1cccc2ccccc12)N(Cc1ccc2c(c1)OCO2)Cc1c[nH]c2ccccc12. The Balaban J connectivity index is 1.40. The Morgan fingerprint density at radius 2 is 1.61 bits per heavy atom. The van der Waals surface area contributed by atoms with Crippen LogP contribution in [-0.2, 0) is 13.1 Å². The van der Waals surface area contributed by atoms with Crippen molar-refractivity contribution in [2.24, 2.45) is 0 Å². The minimum Gasteiger partial charge on any atom is -0.454 e. The Labute approximate surface area is 191 Å². The summed E-state index contributed by atoms with van der Waals surface area (Å²) in [5.74, 6) is 1.45. The van der Waals surface area contributed by atoms with Gasteiger partial charge in [-0.3, -0.25) is 4.79 Å². The molecule has 0 atom stereocenters. The van der Waals surface area contributed by atoms with Crippen LogP contribution >= 0.6 is 0 Å². The van der Waals surface area contributed by atoms with Crippen LogP contribution in [0.25, 0.3) is 21.7 Å². The van der Waals surface area contributed by atoms with Crippen LogP contribution in [0.2, 0.25) is 0 Å². The lowest BCUT2D eigenvalue weighted by atomic mass is 10.0. The Morgan fingerprint density at radius 3 is 2.55 bits per heavy atom. The summed E-state index contributed by atoms with van der Waals surface area (Å²) >= 11 is 0. The van der Waals surface area contributed by atoms with Gasteiger partial charge in [0.25, 0.3) is 5.91 Å². The molecule has 6 rings (SSSR count). The number of carbonyl (C=O) groups excluding carboxylic acids is 1. The van der Waals surface area contributed by atoms with E-state index in [1.165, 1.54) is 0 Å². The first-order valence-electron chi connectivity index (χ1n) is 11.0. The number of aromatic amines is 1. The van der Waals surface area contributed by atoms with Crippen molar-refractivity contribution in [3.63, 3.8) is 0 Å². The summed E-state index contributed by atoms with van der Waals surface area (Å²) in [6, 6.07) is 27.9. The van der Waals surface area contributed by atoms with Gasteiger partial charge in [-0.15, -0.1) is 0 Å². The normalized spacial score (nSPS) is 12.4. The third-order valence-corrected chi connectivity index (χ3v) is 6.15. The average molecular weight is 434 g/mol. The molecule has 0 spiro atoms. The topological polar surface area (TPSA) is 54.6 Å². The van der Waals surface area contributed by atoms with Crippen molar-refractivity contribution in [3.05, 3.63) is 108 Å². The molecule has 1 aliphatic heterocycles. The number of amides is 1. The van der Waals surface area contributed by atoms with E-state index in [2.05, 4.69) is 11.1 Å². The summed E-state index contributed by atoms with van der Waals surface area (Å²) in [6.07, 6.45) is 1.99. The highest BCUT2D eigenvalue weighted by Gasteiger charge is 2.21. The van der Waals surface area contributed by atoms with Crippen LogP contribution in [0.1, 0.15) is 21.5 Å². The molecule has 0 saturated carbocycles. The highest BCUT2D eigenvalue weighted by atomic mass is 16.7. The van der Waals surface area contributed by atoms with Crippen molar-refractivity contribution in [3.8, 4) is 11.5 Å². The first-order chi connectivity index (χ1) is 16.3. The van der Waals surface area contributed by atoms with Crippen molar-refractivity contribution in [1.82, 2.24) is 9.88 Å². The Bertz CT molecular complexity index is 1480. The number of benzene rings is 4. The van der Waals surface area contributed by atoms with Gasteiger partial charge in [-0.05, 0) is 46.2 Å². The molecule has 0 unspecified atom stereocenters. The monoisotopic (exact) mass is 434 g/mol. The summed E-state index contributed by atoms with van der Waals surface area (Å²) in [7, 11) is 0. The third-order valence-electron chi connectivity index (χ3n) is 6.15. The summed E-state index contributed by atoms with van der Waals surface area (Å²) < 4.78 is 11.0. The highest BCUT2D eigenvalue weighted by molar-refractivity contribution is 6.07. The molecule has 0 bridgehead atoms. The number of fused-ring (bicyclic) bond motifs is 3. The zero-order valence-electron chi connectivity index (χ0n) is 18.0. The molecular formula is C28H22N2O3. The Kier molecular flexibility index (Phi) is 4.73. The number of H-pyrrole nitrogens is 1. The second-order valence-corrected chi connectivity index (χ2v) is 8.24. The van der Waals surface area contributed by atoms with E-state index in [0.29, 0.717) is 18.7 Å². The number of nitrogens with one attached hydrogen (secondary N) is 1. The maximum atomic E-state index is 13.9. The predicted molar refractivity (Wildman–Crippen MR) is 128 cm³/mol. The van der Waals surface area contributed by atoms with E-state index in [9.17, 15) is 4.79 Å². The lowest BCUT2D eigenvalue weighted by Gasteiger charge is -2.24. The summed E-state index contributed by atoms with van der Waals surface area (Å²) in [6.45, 7) is 1.17. The van der Waals surface area contributed by atoms with E-state index in [0.717, 1.165) is 44.3 Å². The average Bonchev–Trinajstić information content (AvgIpc) is 3.49. The molecule has 5 aromatic rings. The van der Waals surface area contributed by atoms with E-state index in [1.807, 2.05) is 90.0 Å². The zero-order valence-corrected chi connectivity index (χ0v) is 18.0. The van der Waals surface area contributed by atoms with E-state index >= 15 is 0 Å². The number of ether oxygens (including phenoxy) is 2. The van der Waals surface area contributed by atoms with Crippen LogP contribution in [0.3, 0.4) is 0 Å². The van der Waals surface area contributed by atoms with E-state index in [4.69, 9.17) is 9.47 Å². The highest BCUT2D eigenvalue weighted by Crippen LogP contribution is 2.33. The first kappa shape index (κ1) is 19.4. The molecule has 5 heteroatoms. The number of carbonyl (C=O) groups is 1. The van der Waals surface area contributed by atoms with Crippen LogP contribution < -0.4 is 9.47 Å². The number of hydrogen-bond donors (Lipinski definition) is 1. The van der Waals surface area contributed by atoms with E-state index in [-0.39, 0.29) is 12.7 Å². The second-order valence-electron chi connectivity index (χ2n) is 8.24. The predicted octanol–water partition coefficient (Wildman–Crippen LogP) is 5.89. The van der Waals surface area contributed by atoms with Gasteiger partial charge in [-0.1, -0.05) is 60.7 Å². The van der Waals surface area contributed by atoms with Crippen LogP contribution in [0.4, 0.5) is 0 Å². The minimum atomic E-state index is -0.00486. The third kappa shape index (κ3) is 3.57. The van der Waals surface area contributed by atoms with Gasteiger partial charge in [0.1, 0.15) is 0 Å².